The largest absolute Gasteiger partial charge is 0.393 e. The van der Waals surface area contributed by atoms with Crippen molar-refractivity contribution in [2.75, 3.05) is 24.7 Å². The fourth-order valence-electron chi connectivity index (χ4n) is 1.97. The third kappa shape index (κ3) is 3.40. The van der Waals surface area contributed by atoms with E-state index < -0.39 is 0 Å². The second-order valence-corrected chi connectivity index (χ2v) is 5.26. The predicted octanol–water partition coefficient (Wildman–Crippen LogP) is 2.40. The first kappa shape index (κ1) is 13.2. The minimum atomic E-state index is -0.256. The number of piperidine rings is 1. The highest BCUT2D eigenvalue weighted by Gasteiger charge is 2.21. The van der Waals surface area contributed by atoms with E-state index in [2.05, 4.69) is 5.32 Å². The van der Waals surface area contributed by atoms with Gasteiger partial charge in [-0.05, 0) is 37.3 Å². The topological polar surface area (TPSA) is 52.6 Å². The molecule has 1 aliphatic rings. The Morgan fingerprint density at radius 2 is 2.17 bits per heavy atom. The molecule has 0 bridgehead atoms. The SMILES string of the molecule is CSc1cccc(NC(=O)N2CCC(O)CC2)c1. The summed E-state index contributed by atoms with van der Waals surface area (Å²) in [7, 11) is 0. The first-order valence-electron chi connectivity index (χ1n) is 6.07. The number of amides is 2. The number of aliphatic hydroxyl groups excluding tert-OH is 1. The van der Waals surface area contributed by atoms with Gasteiger partial charge in [-0.25, -0.2) is 4.79 Å². The summed E-state index contributed by atoms with van der Waals surface area (Å²) in [6.45, 7) is 1.24. The van der Waals surface area contributed by atoms with Crippen molar-refractivity contribution >= 4 is 23.5 Å². The number of benzene rings is 1. The normalized spacial score (nSPS) is 16.7. The van der Waals surface area contributed by atoms with Crippen molar-refractivity contribution in [3.05, 3.63) is 24.3 Å². The van der Waals surface area contributed by atoms with Crippen LogP contribution in [0.15, 0.2) is 29.2 Å². The number of urea groups is 1. The minimum Gasteiger partial charge on any atom is -0.393 e. The Morgan fingerprint density at radius 3 is 2.83 bits per heavy atom. The summed E-state index contributed by atoms with van der Waals surface area (Å²) in [5.74, 6) is 0. The van der Waals surface area contributed by atoms with Gasteiger partial charge in [-0.15, -0.1) is 11.8 Å². The Labute approximate surface area is 111 Å². The molecule has 1 aromatic rings. The molecule has 4 nitrogen and oxygen atoms in total. The number of hydrogen-bond donors (Lipinski definition) is 2. The molecule has 2 N–H and O–H groups in total. The number of thioether (sulfide) groups is 1. The number of nitrogens with zero attached hydrogens (tertiary/aromatic N) is 1. The van der Waals surface area contributed by atoms with Crippen LogP contribution in [0, 0.1) is 0 Å². The lowest BCUT2D eigenvalue weighted by Crippen LogP contribution is -2.42. The van der Waals surface area contributed by atoms with E-state index in [-0.39, 0.29) is 12.1 Å². The summed E-state index contributed by atoms with van der Waals surface area (Å²) in [6, 6.07) is 7.71. The number of carbonyl (C=O) groups is 1. The summed E-state index contributed by atoms with van der Waals surface area (Å²) < 4.78 is 0. The van der Waals surface area contributed by atoms with E-state index in [0.717, 1.165) is 10.6 Å². The molecule has 2 rings (SSSR count). The first-order valence-corrected chi connectivity index (χ1v) is 7.29. The van der Waals surface area contributed by atoms with Gasteiger partial charge in [-0.3, -0.25) is 0 Å². The van der Waals surface area contributed by atoms with E-state index in [1.165, 1.54) is 0 Å². The Kier molecular flexibility index (Phi) is 4.49. The first-order chi connectivity index (χ1) is 8.69. The van der Waals surface area contributed by atoms with Crippen molar-refractivity contribution in [3.63, 3.8) is 0 Å². The van der Waals surface area contributed by atoms with Crippen molar-refractivity contribution in [2.45, 2.75) is 23.8 Å². The fraction of sp³-hybridized carbons (Fsp3) is 0.462. The molecule has 2 amide bonds. The molecule has 5 heteroatoms. The molecular weight excluding hydrogens is 248 g/mol. The molecule has 0 atom stereocenters. The summed E-state index contributed by atoms with van der Waals surface area (Å²) >= 11 is 1.65. The maximum absolute atomic E-state index is 12.0. The zero-order valence-electron chi connectivity index (χ0n) is 10.4. The van der Waals surface area contributed by atoms with Gasteiger partial charge in [0.15, 0.2) is 0 Å². The molecule has 98 valence electrons. The highest BCUT2D eigenvalue weighted by Crippen LogP contribution is 2.19. The van der Waals surface area contributed by atoms with Crippen LogP contribution in [0.4, 0.5) is 10.5 Å². The smallest absolute Gasteiger partial charge is 0.321 e. The summed E-state index contributed by atoms with van der Waals surface area (Å²) in [4.78, 5) is 14.9. The number of rotatable bonds is 2. The van der Waals surface area contributed by atoms with E-state index in [0.29, 0.717) is 25.9 Å². The molecule has 0 spiro atoms. The Balaban J connectivity index is 1.94. The monoisotopic (exact) mass is 266 g/mol. The third-order valence-corrected chi connectivity index (χ3v) is 3.80. The lowest BCUT2D eigenvalue weighted by Gasteiger charge is -2.29. The van der Waals surface area contributed by atoms with Crippen LogP contribution >= 0.6 is 11.8 Å². The number of nitrogens with one attached hydrogen (secondary N) is 1. The van der Waals surface area contributed by atoms with E-state index in [1.807, 2.05) is 30.5 Å². The lowest BCUT2D eigenvalue weighted by molar-refractivity contribution is 0.0972. The summed E-state index contributed by atoms with van der Waals surface area (Å²) in [6.07, 6.45) is 3.08. The zero-order valence-corrected chi connectivity index (χ0v) is 11.2. The van der Waals surface area contributed by atoms with Crippen LogP contribution in [-0.2, 0) is 0 Å². The van der Waals surface area contributed by atoms with E-state index in [4.69, 9.17) is 0 Å². The van der Waals surface area contributed by atoms with Crippen molar-refractivity contribution in [1.29, 1.82) is 0 Å². The standard InChI is InChI=1S/C13H18N2O2S/c1-18-12-4-2-3-10(9-12)14-13(17)15-7-5-11(16)6-8-15/h2-4,9,11,16H,5-8H2,1H3,(H,14,17). The quantitative estimate of drug-likeness (QED) is 0.808. The van der Waals surface area contributed by atoms with E-state index in [1.54, 1.807) is 16.7 Å². The Hall–Kier alpha value is -1.20. The second-order valence-electron chi connectivity index (χ2n) is 4.38. The van der Waals surface area contributed by atoms with Crippen molar-refractivity contribution < 1.29 is 9.90 Å². The molecule has 1 heterocycles. The van der Waals surface area contributed by atoms with Gasteiger partial charge in [0.1, 0.15) is 0 Å². The van der Waals surface area contributed by atoms with E-state index >= 15 is 0 Å². The maximum atomic E-state index is 12.0. The maximum Gasteiger partial charge on any atom is 0.321 e. The minimum absolute atomic E-state index is 0.0832. The van der Waals surface area contributed by atoms with Crippen molar-refractivity contribution in [2.24, 2.45) is 0 Å². The van der Waals surface area contributed by atoms with Crippen molar-refractivity contribution in [3.8, 4) is 0 Å². The molecule has 18 heavy (non-hydrogen) atoms. The van der Waals surface area contributed by atoms with Crippen LogP contribution in [0.2, 0.25) is 0 Å². The molecular formula is C13H18N2O2S. The molecule has 1 fully saturated rings. The average Bonchev–Trinajstić information content (AvgIpc) is 2.39. The van der Waals surface area contributed by atoms with Crippen LogP contribution < -0.4 is 5.32 Å². The van der Waals surface area contributed by atoms with Crippen molar-refractivity contribution in [1.82, 2.24) is 4.90 Å². The number of hydrogen-bond acceptors (Lipinski definition) is 3. The second kappa shape index (κ2) is 6.11. The molecule has 1 saturated heterocycles. The van der Waals surface area contributed by atoms with Gasteiger partial charge in [0.2, 0.25) is 0 Å². The molecule has 0 saturated carbocycles. The molecule has 1 aromatic carbocycles. The average molecular weight is 266 g/mol. The summed E-state index contributed by atoms with van der Waals surface area (Å²) in [5.41, 5.74) is 0.818. The van der Waals surface area contributed by atoms with Gasteiger partial charge in [-0.1, -0.05) is 6.07 Å². The zero-order chi connectivity index (χ0) is 13.0. The van der Waals surface area contributed by atoms with E-state index in [9.17, 15) is 9.90 Å². The van der Waals surface area contributed by atoms with Gasteiger partial charge in [0.05, 0.1) is 6.10 Å². The Morgan fingerprint density at radius 1 is 1.44 bits per heavy atom. The highest BCUT2D eigenvalue weighted by molar-refractivity contribution is 7.98. The molecule has 1 aliphatic heterocycles. The number of likely N-dealkylation sites (tertiary alicyclic amines) is 1. The van der Waals surface area contributed by atoms with Crippen LogP contribution in [-0.4, -0.2) is 41.5 Å². The van der Waals surface area contributed by atoms with Gasteiger partial charge in [0.25, 0.3) is 0 Å². The van der Waals surface area contributed by atoms with Gasteiger partial charge in [-0.2, -0.15) is 0 Å². The molecule has 0 unspecified atom stereocenters. The van der Waals surface area contributed by atoms with Crippen LogP contribution in [0.1, 0.15) is 12.8 Å². The fourth-order valence-corrected chi connectivity index (χ4v) is 2.43. The number of aliphatic hydroxyl groups is 1. The van der Waals surface area contributed by atoms with Crippen LogP contribution in [0.3, 0.4) is 0 Å². The van der Waals surface area contributed by atoms with Crippen LogP contribution in [0.5, 0.6) is 0 Å². The predicted molar refractivity (Wildman–Crippen MR) is 74.1 cm³/mol. The van der Waals surface area contributed by atoms with Gasteiger partial charge >= 0.3 is 6.03 Å². The third-order valence-electron chi connectivity index (χ3n) is 3.07. The summed E-state index contributed by atoms with van der Waals surface area (Å²) in [5, 5.41) is 12.3. The van der Waals surface area contributed by atoms with Gasteiger partial charge in [0, 0.05) is 23.7 Å². The number of anilines is 1. The molecule has 0 aliphatic carbocycles. The van der Waals surface area contributed by atoms with Crippen LogP contribution in [0.25, 0.3) is 0 Å². The lowest BCUT2D eigenvalue weighted by atomic mass is 10.1. The van der Waals surface area contributed by atoms with Gasteiger partial charge < -0.3 is 15.3 Å². The Bertz CT molecular complexity index is 417. The molecule has 0 aromatic heterocycles. The molecule has 0 radical (unpaired) electrons. The highest BCUT2D eigenvalue weighted by atomic mass is 32.2. The number of carbonyl (C=O) groups excluding carboxylic acids is 1.